The minimum Gasteiger partial charge on any atom is -0.395 e. The van der Waals surface area contributed by atoms with Crippen LogP contribution >= 0.6 is 0 Å². The molecule has 0 aliphatic heterocycles. The molecular weight excluding hydrogens is 376 g/mol. The maximum Gasteiger partial charge on any atom is 0.204 e. The van der Waals surface area contributed by atoms with E-state index in [4.69, 9.17) is 15.3 Å². The molecule has 0 heterocycles. The standard InChI is InChI=1S/C20H28N4O5/c25-10-6-22-17-13-20(29)18(14-19(17)28)23-16-3-1-15(2-4-16)21-5-7-24(8-11-26)9-12-27/h1-4,13-14,21-23,25-27H,5-12H2. The van der Waals surface area contributed by atoms with Crippen molar-refractivity contribution in [3.05, 3.63) is 47.8 Å². The first-order chi connectivity index (χ1) is 14.1. The first-order valence-electron chi connectivity index (χ1n) is 9.49. The van der Waals surface area contributed by atoms with E-state index in [0.29, 0.717) is 31.9 Å². The topological polar surface area (TPSA) is 134 Å². The number of aliphatic hydroxyl groups is 3. The molecule has 2 rings (SSSR count). The van der Waals surface area contributed by atoms with Gasteiger partial charge in [-0.1, -0.05) is 0 Å². The van der Waals surface area contributed by atoms with Gasteiger partial charge in [-0.05, 0) is 24.3 Å². The van der Waals surface area contributed by atoms with Gasteiger partial charge in [0, 0.05) is 56.3 Å². The second-order valence-electron chi connectivity index (χ2n) is 6.41. The Hall–Kier alpha value is -2.72. The van der Waals surface area contributed by atoms with Gasteiger partial charge in [0.2, 0.25) is 11.6 Å². The molecule has 0 spiro atoms. The highest BCUT2D eigenvalue weighted by atomic mass is 16.3. The predicted octanol–water partition coefficient (Wildman–Crippen LogP) is -0.701. The predicted molar refractivity (Wildman–Crippen MR) is 110 cm³/mol. The van der Waals surface area contributed by atoms with Crippen molar-refractivity contribution in [1.82, 2.24) is 10.2 Å². The number of nitrogens with zero attached hydrogens (tertiary/aromatic N) is 1. The monoisotopic (exact) mass is 404 g/mol. The Morgan fingerprint density at radius 3 is 1.90 bits per heavy atom. The van der Waals surface area contributed by atoms with Crippen LogP contribution in [0.4, 0.5) is 11.4 Å². The van der Waals surface area contributed by atoms with E-state index in [2.05, 4.69) is 16.0 Å². The summed E-state index contributed by atoms with van der Waals surface area (Å²) in [6.07, 6.45) is 2.46. The molecule has 6 N–H and O–H groups in total. The first kappa shape index (κ1) is 22.6. The van der Waals surface area contributed by atoms with E-state index in [0.717, 1.165) is 5.69 Å². The maximum atomic E-state index is 12.2. The number of benzene rings is 1. The minimum absolute atomic E-state index is 0.0472. The van der Waals surface area contributed by atoms with E-state index in [1.165, 1.54) is 12.2 Å². The molecule has 0 aromatic heterocycles. The number of anilines is 2. The second-order valence-corrected chi connectivity index (χ2v) is 6.41. The summed E-state index contributed by atoms with van der Waals surface area (Å²) in [5.41, 5.74) is 1.92. The van der Waals surface area contributed by atoms with Gasteiger partial charge in [0.25, 0.3) is 0 Å². The molecule has 9 heteroatoms. The minimum atomic E-state index is -0.325. The molecule has 0 amide bonds. The van der Waals surface area contributed by atoms with Gasteiger partial charge >= 0.3 is 0 Å². The van der Waals surface area contributed by atoms with Gasteiger partial charge in [0.05, 0.1) is 31.2 Å². The van der Waals surface area contributed by atoms with Crippen molar-refractivity contribution >= 4 is 22.9 Å². The number of nitrogens with one attached hydrogen (secondary N) is 3. The van der Waals surface area contributed by atoms with Crippen LogP contribution in [0.25, 0.3) is 0 Å². The Morgan fingerprint density at radius 1 is 0.690 bits per heavy atom. The fraction of sp³-hybridized carbons (Fsp3) is 0.400. The van der Waals surface area contributed by atoms with Crippen LogP contribution < -0.4 is 16.0 Å². The van der Waals surface area contributed by atoms with Gasteiger partial charge in [-0.25, -0.2) is 0 Å². The lowest BCUT2D eigenvalue weighted by atomic mass is 10.1. The van der Waals surface area contributed by atoms with Gasteiger partial charge < -0.3 is 31.3 Å². The number of rotatable bonds is 13. The van der Waals surface area contributed by atoms with Crippen LogP contribution in [0.2, 0.25) is 0 Å². The van der Waals surface area contributed by atoms with Crippen LogP contribution in [-0.2, 0) is 9.59 Å². The molecule has 1 aliphatic carbocycles. The molecule has 0 atom stereocenters. The zero-order valence-electron chi connectivity index (χ0n) is 16.2. The number of hydrogen-bond donors (Lipinski definition) is 6. The average molecular weight is 404 g/mol. The van der Waals surface area contributed by atoms with Crippen molar-refractivity contribution in [1.29, 1.82) is 0 Å². The first-order valence-corrected chi connectivity index (χ1v) is 9.49. The van der Waals surface area contributed by atoms with Crippen molar-refractivity contribution in [3.8, 4) is 0 Å². The van der Waals surface area contributed by atoms with E-state index >= 15 is 0 Å². The van der Waals surface area contributed by atoms with Crippen molar-refractivity contribution in [2.24, 2.45) is 0 Å². The third kappa shape index (κ3) is 7.31. The molecular formula is C20H28N4O5. The zero-order chi connectivity index (χ0) is 21.1. The van der Waals surface area contributed by atoms with Crippen molar-refractivity contribution in [3.63, 3.8) is 0 Å². The lowest BCUT2D eigenvalue weighted by Crippen LogP contribution is -2.34. The van der Waals surface area contributed by atoms with Gasteiger partial charge in [-0.15, -0.1) is 0 Å². The van der Waals surface area contributed by atoms with Gasteiger partial charge in [0.15, 0.2) is 0 Å². The number of allylic oxidation sites excluding steroid dienone is 2. The highest BCUT2D eigenvalue weighted by Crippen LogP contribution is 2.18. The Morgan fingerprint density at radius 2 is 1.28 bits per heavy atom. The van der Waals surface area contributed by atoms with E-state index in [9.17, 15) is 9.59 Å². The lowest BCUT2D eigenvalue weighted by Gasteiger charge is -2.20. The Bertz CT molecular complexity index is 740. The highest BCUT2D eigenvalue weighted by molar-refractivity contribution is 6.20. The average Bonchev–Trinajstić information content (AvgIpc) is 2.71. The van der Waals surface area contributed by atoms with E-state index in [1.54, 1.807) is 12.1 Å². The van der Waals surface area contributed by atoms with Crippen LogP contribution in [0.1, 0.15) is 0 Å². The molecule has 1 aliphatic rings. The third-order valence-electron chi connectivity index (χ3n) is 4.26. The molecule has 29 heavy (non-hydrogen) atoms. The lowest BCUT2D eigenvalue weighted by molar-refractivity contribution is -0.115. The van der Waals surface area contributed by atoms with Crippen LogP contribution in [-0.4, -0.2) is 84.3 Å². The summed E-state index contributed by atoms with van der Waals surface area (Å²) in [6, 6.07) is 7.29. The smallest absolute Gasteiger partial charge is 0.204 e. The van der Waals surface area contributed by atoms with Gasteiger partial charge in [0.1, 0.15) is 0 Å². The summed E-state index contributed by atoms with van der Waals surface area (Å²) in [4.78, 5) is 26.2. The second kappa shape index (κ2) is 12.0. The summed E-state index contributed by atoms with van der Waals surface area (Å²) < 4.78 is 0. The number of hydrogen-bond acceptors (Lipinski definition) is 9. The number of ketones is 2. The highest BCUT2D eigenvalue weighted by Gasteiger charge is 2.20. The van der Waals surface area contributed by atoms with Gasteiger partial charge in [-0.2, -0.15) is 0 Å². The van der Waals surface area contributed by atoms with E-state index in [-0.39, 0.29) is 49.3 Å². The summed E-state index contributed by atoms with van der Waals surface area (Å²) >= 11 is 0. The molecule has 0 radical (unpaired) electrons. The molecule has 0 unspecified atom stereocenters. The quantitative estimate of drug-likeness (QED) is 0.236. The largest absolute Gasteiger partial charge is 0.395 e. The summed E-state index contributed by atoms with van der Waals surface area (Å²) in [7, 11) is 0. The van der Waals surface area contributed by atoms with Crippen LogP contribution in [0.3, 0.4) is 0 Å². The fourth-order valence-electron chi connectivity index (χ4n) is 2.79. The summed E-state index contributed by atoms with van der Waals surface area (Å²) in [6.45, 7) is 2.53. The molecule has 0 saturated carbocycles. The number of carbonyl (C=O) groups is 2. The Labute approximate surface area is 169 Å². The molecule has 9 nitrogen and oxygen atoms in total. The normalized spacial score (nSPS) is 13.9. The zero-order valence-corrected chi connectivity index (χ0v) is 16.2. The molecule has 0 saturated heterocycles. The van der Waals surface area contributed by atoms with E-state index < -0.39 is 0 Å². The molecule has 1 aromatic carbocycles. The molecule has 0 fully saturated rings. The van der Waals surface area contributed by atoms with Crippen molar-refractivity contribution < 1.29 is 24.9 Å². The van der Waals surface area contributed by atoms with Crippen molar-refractivity contribution in [2.45, 2.75) is 0 Å². The SMILES string of the molecule is O=C1C=C(Nc2ccc(NCCN(CCO)CCO)cc2)C(=O)C=C1NCCO. The van der Waals surface area contributed by atoms with E-state index in [1.807, 2.05) is 17.0 Å². The third-order valence-corrected chi connectivity index (χ3v) is 4.26. The van der Waals surface area contributed by atoms with Gasteiger partial charge in [-0.3, -0.25) is 14.5 Å². The Balaban J connectivity index is 1.86. The van der Waals surface area contributed by atoms with Crippen LogP contribution in [0, 0.1) is 0 Å². The molecule has 0 bridgehead atoms. The summed E-state index contributed by atoms with van der Waals surface area (Å²) in [5.74, 6) is -0.644. The number of carbonyl (C=O) groups excluding carboxylic acids is 2. The molecule has 1 aromatic rings. The number of aliphatic hydroxyl groups excluding tert-OH is 3. The Kier molecular flexibility index (Phi) is 9.32. The maximum absolute atomic E-state index is 12.2. The van der Waals surface area contributed by atoms with Crippen LogP contribution in [0.5, 0.6) is 0 Å². The van der Waals surface area contributed by atoms with Crippen LogP contribution in [0.15, 0.2) is 47.8 Å². The summed E-state index contributed by atoms with van der Waals surface area (Å²) in [5, 5.41) is 35.8. The fourth-order valence-corrected chi connectivity index (χ4v) is 2.79. The molecule has 158 valence electrons. The van der Waals surface area contributed by atoms with Crippen molar-refractivity contribution in [2.75, 3.05) is 63.2 Å².